The highest BCUT2D eigenvalue weighted by molar-refractivity contribution is 8.00. The van der Waals surface area contributed by atoms with Crippen LogP contribution < -0.4 is 15.9 Å². The van der Waals surface area contributed by atoms with Crippen molar-refractivity contribution in [3.63, 3.8) is 0 Å². The number of nitrogens with zero attached hydrogens (tertiary/aromatic N) is 3. The van der Waals surface area contributed by atoms with E-state index >= 15 is 0 Å². The van der Waals surface area contributed by atoms with Crippen LogP contribution in [0.2, 0.25) is 0 Å². The SMILES string of the molecule is CCOc1ccc(-c2nnc(S[C@@H](C)C(=O)N[C@H]3CCC[C@H](C)[C@@H]3C)n2N)cc1. The van der Waals surface area contributed by atoms with Crippen LogP contribution in [0.1, 0.15) is 47.0 Å². The second-order valence-corrected chi connectivity index (χ2v) is 9.08. The van der Waals surface area contributed by atoms with E-state index in [4.69, 9.17) is 10.6 Å². The molecule has 0 radical (unpaired) electrons. The van der Waals surface area contributed by atoms with Gasteiger partial charge in [0.25, 0.3) is 0 Å². The molecule has 0 saturated heterocycles. The van der Waals surface area contributed by atoms with Crippen LogP contribution in [0, 0.1) is 11.8 Å². The highest BCUT2D eigenvalue weighted by atomic mass is 32.2. The molecular weight excluding hydrogens is 386 g/mol. The van der Waals surface area contributed by atoms with Crippen molar-refractivity contribution >= 4 is 17.7 Å². The van der Waals surface area contributed by atoms with E-state index < -0.39 is 0 Å². The molecular formula is C21H31N5O2S. The smallest absolute Gasteiger partial charge is 0.233 e. The molecule has 1 aliphatic rings. The Bertz CT molecular complexity index is 823. The van der Waals surface area contributed by atoms with E-state index in [-0.39, 0.29) is 17.2 Å². The summed E-state index contributed by atoms with van der Waals surface area (Å²) in [6.45, 7) is 8.93. The van der Waals surface area contributed by atoms with Crippen molar-refractivity contribution in [2.24, 2.45) is 11.8 Å². The lowest BCUT2D eigenvalue weighted by molar-refractivity contribution is -0.121. The Morgan fingerprint density at radius 2 is 2.03 bits per heavy atom. The van der Waals surface area contributed by atoms with Crippen molar-refractivity contribution in [2.75, 3.05) is 12.4 Å². The number of benzene rings is 1. The van der Waals surface area contributed by atoms with Gasteiger partial charge < -0.3 is 15.9 Å². The number of nitrogen functional groups attached to an aromatic ring is 1. The molecule has 3 N–H and O–H groups in total. The predicted octanol–water partition coefficient (Wildman–Crippen LogP) is 3.48. The van der Waals surface area contributed by atoms with Crippen molar-refractivity contribution in [3.05, 3.63) is 24.3 Å². The van der Waals surface area contributed by atoms with Crippen LogP contribution in [-0.2, 0) is 4.79 Å². The number of hydrogen-bond acceptors (Lipinski definition) is 6. The fourth-order valence-electron chi connectivity index (χ4n) is 3.72. The lowest BCUT2D eigenvalue weighted by Crippen LogP contribution is -2.46. The van der Waals surface area contributed by atoms with E-state index in [2.05, 4.69) is 29.4 Å². The molecule has 0 unspecified atom stereocenters. The summed E-state index contributed by atoms with van der Waals surface area (Å²) in [5.74, 6) is 8.72. The topological polar surface area (TPSA) is 95.1 Å². The molecule has 2 aromatic rings. The van der Waals surface area contributed by atoms with Crippen molar-refractivity contribution in [1.29, 1.82) is 0 Å². The number of hydrogen-bond donors (Lipinski definition) is 2. The zero-order valence-corrected chi connectivity index (χ0v) is 18.4. The van der Waals surface area contributed by atoms with Gasteiger partial charge in [0.1, 0.15) is 5.75 Å². The van der Waals surface area contributed by atoms with Crippen LogP contribution >= 0.6 is 11.8 Å². The molecule has 1 aromatic carbocycles. The van der Waals surface area contributed by atoms with Gasteiger partial charge in [-0.25, -0.2) is 4.68 Å². The summed E-state index contributed by atoms with van der Waals surface area (Å²) in [4.78, 5) is 12.7. The van der Waals surface area contributed by atoms with E-state index in [1.807, 2.05) is 38.1 Å². The third-order valence-electron chi connectivity index (χ3n) is 5.77. The Balaban J connectivity index is 1.63. The number of amides is 1. The van der Waals surface area contributed by atoms with Gasteiger partial charge in [0.2, 0.25) is 11.1 Å². The molecule has 29 heavy (non-hydrogen) atoms. The highest BCUT2D eigenvalue weighted by Gasteiger charge is 2.30. The first kappa shape index (κ1) is 21.5. The molecule has 0 bridgehead atoms. The van der Waals surface area contributed by atoms with Crippen LogP contribution in [-0.4, -0.2) is 38.7 Å². The quantitative estimate of drug-likeness (QED) is 0.529. The summed E-state index contributed by atoms with van der Waals surface area (Å²) in [5, 5.41) is 11.8. The third-order valence-corrected chi connectivity index (χ3v) is 6.83. The second-order valence-electron chi connectivity index (χ2n) is 7.78. The molecule has 1 aliphatic carbocycles. The van der Waals surface area contributed by atoms with E-state index in [0.29, 0.717) is 29.4 Å². The molecule has 1 saturated carbocycles. The summed E-state index contributed by atoms with van der Waals surface area (Å²) in [7, 11) is 0. The minimum absolute atomic E-state index is 0.0200. The van der Waals surface area contributed by atoms with E-state index in [1.165, 1.54) is 29.3 Å². The maximum Gasteiger partial charge on any atom is 0.233 e. The van der Waals surface area contributed by atoms with E-state index in [9.17, 15) is 4.79 Å². The van der Waals surface area contributed by atoms with Crippen LogP contribution in [0.15, 0.2) is 29.4 Å². The summed E-state index contributed by atoms with van der Waals surface area (Å²) in [5.41, 5.74) is 0.845. The largest absolute Gasteiger partial charge is 0.494 e. The lowest BCUT2D eigenvalue weighted by Gasteiger charge is -2.35. The van der Waals surface area contributed by atoms with Gasteiger partial charge >= 0.3 is 0 Å². The number of ether oxygens (including phenoxy) is 1. The molecule has 158 valence electrons. The maximum atomic E-state index is 12.7. The first-order valence-electron chi connectivity index (χ1n) is 10.3. The summed E-state index contributed by atoms with van der Waals surface area (Å²) >= 11 is 1.32. The average molecular weight is 418 g/mol. The summed E-state index contributed by atoms with van der Waals surface area (Å²) in [6, 6.07) is 7.79. The summed E-state index contributed by atoms with van der Waals surface area (Å²) in [6.07, 6.45) is 3.45. The number of thioether (sulfide) groups is 1. The van der Waals surface area contributed by atoms with Gasteiger partial charge in [-0.3, -0.25) is 4.79 Å². The monoisotopic (exact) mass is 417 g/mol. The van der Waals surface area contributed by atoms with Crippen LogP contribution in [0.3, 0.4) is 0 Å². The Morgan fingerprint density at radius 3 is 2.72 bits per heavy atom. The minimum Gasteiger partial charge on any atom is -0.494 e. The fraction of sp³-hybridized carbons (Fsp3) is 0.571. The van der Waals surface area contributed by atoms with Crippen LogP contribution in [0.5, 0.6) is 5.75 Å². The standard InChI is InChI=1S/C21H31N5O2S/c1-5-28-17-11-9-16(10-12-17)19-24-25-21(26(19)22)29-15(4)20(27)23-18-8-6-7-13(2)14(18)3/h9-15,18H,5-8,22H2,1-4H3,(H,23,27)/t13-,14-,15-,18-/m0/s1. The highest BCUT2D eigenvalue weighted by Crippen LogP contribution is 2.30. The van der Waals surface area contributed by atoms with Crippen molar-refractivity contribution in [1.82, 2.24) is 20.2 Å². The van der Waals surface area contributed by atoms with E-state index in [1.54, 1.807) is 0 Å². The van der Waals surface area contributed by atoms with E-state index in [0.717, 1.165) is 17.7 Å². The maximum absolute atomic E-state index is 12.7. The van der Waals surface area contributed by atoms with Gasteiger partial charge in [-0.1, -0.05) is 38.5 Å². The van der Waals surface area contributed by atoms with Crippen molar-refractivity contribution < 1.29 is 9.53 Å². The zero-order valence-electron chi connectivity index (χ0n) is 17.6. The van der Waals surface area contributed by atoms with Gasteiger partial charge in [0, 0.05) is 11.6 Å². The summed E-state index contributed by atoms with van der Waals surface area (Å²) < 4.78 is 6.90. The molecule has 1 heterocycles. The first-order valence-corrected chi connectivity index (χ1v) is 11.2. The van der Waals surface area contributed by atoms with Crippen molar-refractivity contribution in [2.45, 2.75) is 63.4 Å². The van der Waals surface area contributed by atoms with Gasteiger partial charge in [-0.05, 0) is 56.4 Å². The molecule has 4 atom stereocenters. The van der Waals surface area contributed by atoms with Gasteiger partial charge in [0.15, 0.2) is 5.82 Å². The number of nitrogens with one attached hydrogen (secondary N) is 1. The Hall–Kier alpha value is -2.22. The minimum atomic E-state index is -0.306. The van der Waals surface area contributed by atoms with Crippen LogP contribution in [0.25, 0.3) is 11.4 Å². The number of rotatable bonds is 7. The molecule has 0 aliphatic heterocycles. The molecule has 1 aromatic heterocycles. The Morgan fingerprint density at radius 1 is 1.31 bits per heavy atom. The average Bonchev–Trinajstić information content (AvgIpc) is 3.06. The number of aromatic nitrogens is 3. The number of carbonyl (C=O) groups is 1. The van der Waals surface area contributed by atoms with Gasteiger partial charge in [-0.15, -0.1) is 10.2 Å². The van der Waals surface area contributed by atoms with Gasteiger partial charge in [0.05, 0.1) is 11.9 Å². The second kappa shape index (κ2) is 9.52. The third kappa shape index (κ3) is 5.04. The molecule has 3 rings (SSSR count). The van der Waals surface area contributed by atoms with Crippen LogP contribution in [0.4, 0.5) is 0 Å². The number of carbonyl (C=O) groups excluding carboxylic acids is 1. The lowest BCUT2D eigenvalue weighted by atomic mass is 9.78. The van der Waals surface area contributed by atoms with Gasteiger partial charge in [-0.2, -0.15) is 0 Å². The first-order chi connectivity index (χ1) is 13.9. The molecule has 7 nitrogen and oxygen atoms in total. The molecule has 1 fully saturated rings. The zero-order chi connectivity index (χ0) is 21.0. The fourth-order valence-corrected chi connectivity index (χ4v) is 4.50. The molecule has 0 spiro atoms. The Labute approximate surface area is 176 Å². The number of nitrogens with two attached hydrogens (primary N) is 1. The Kier molecular flexibility index (Phi) is 7.05. The molecule has 1 amide bonds. The van der Waals surface area contributed by atoms with Crippen molar-refractivity contribution in [3.8, 4) is 17.1 Å². The normalized spacial score (nSPS) is 22.8. The predicted molar refractivity (Wildman–Crippen MR) is 116 cm³/mol. The molecule has 8 heteroatoms.